The maximum absolute atomic E-state index is 15.7. The van der Waals surface area contributed by atoms with E-state index < -0.39 is 23.3 Å². The van der Waals surface area contributed by atoms with Crippen molar-refractivity contribution in [2.24, 2.45) is 0 Å². The van der Waals surface area contributed by atoms with Gasteiger partial charge >= 0.3 is 5.97 Å². The number of rotatable bonds is 15. The highest BCUT2D eigenvalue weighted by atomic mass is 19.1. The maximum Gasteiger partial charge on any atom is 0.332 e. The van der Waals surface area contributed by atoms with E-state index in [1.807, 2.05) is 36.1 Å². The van der Waals surface area contributed by atoms with Crippen LogP contribution in [0.1, 0.15) is 63.4 Å². The van der Waals surface area contributed by atoms with Crippen LogP contribution in [0, 0.1) is 11.6 Å². The normalized spacial score (nSPS) is 17.4. The van der Waals surface area contributed by atoms with Crippen molar-refractivity contribution in [1.29, 1.82) is 0 Å². The van der Waals surface area contributed by atoms with E-state index in [1.54, 1.807) is 6.92 Å². The lowest BCUT2D eigenvalue weighted by Gasteiger charge is -2.43. The van der Waals surface area contributed by atoms with Gasteiger partial charge < -0.3 is 23.9 Å². The van der Waals surface area contributed by atoms with Crippen LogP contribution in [-0.4, -0.2) is 73.7 Å². The predicted octanol–water partition coefficient (Wildman–Crippen LogP) is 6.29. The van der Waals surface area contributed by atoms with Crippen molar-refractivity contribution in [3.63, 3.8) is 0 Å². The molecule has 230 valence electrons. The Morgan fingerprint density at radius 1 is 1.05 bits per heavy atom. The summed E-state index contributed by atoms with van der Waals surface area (Å²) in [5.41, 5.74) is 0.864. The molecule has 0 amide bonds. The lowest BCUT2D eigenvalue weighted by molar-refractivity contribution is -0.148. The number of ether oxygens (including phenoxy) is 4. The number of nitrogens with zero attached hydrogens (tertiary/aromatic N) is 1. The molecule has 0 fully saturated rings. The Morgan fingerprint density at radius 2 is 1.74 bits per heavy atom. The summed E-state index contributed by atoms with van der Waals surface area (Å²) in [6.07, 6.45) is 2.08. The highest BCUT2D eigenvalue weighted by Gasteiger charge is 2.41. The number of aromatic amines is 1. The zero-order valence-corrected chi connectivity index (χ0v) is 24.8. The summed E-state index contributed by atoms with van der Waals surface area (Å²) in [6, 6.07) is 9.16. The van der Waals surface area contributed by atoms with Crippen LogP contribution in [0.4, 0.5) is 13.2 Å². The molecule has 1 N–H and O–H groups in total. The zero-order valence-electron chi connectivity index (χ0n) is 24.8. The third-order valence-electron chi connectivity index (χ3n) is 7.25. The standard InChI is InChI=1S/C32H41F3N2O5/c1-5-41-28(38)19-40-13-9-8-12-39-14-15-42-22-17-25(33)29(26(34)18-22)31-30-24(23-10-6-7-11-27(23)36-30)16-21(2)37(31)20-32(3,4)35/h6-7,10-11,17-18,21,31,36H,5,8-9,12-16,19-20H2,1-4H3/t21-,31-/m1/s1. The van der Waals surface area contributed by atoms with Crippen LogP contribution in [0.15, 0.2) is 36.4 Å². The number of alkyl halides is 1. The second-order valence-electron chi connectivity index (χ2n) is 11.2. The molecule has 3 aromatic rings. The molecule has 1 aliphatic heterocycles. The fourth-order valence-electron chi connectivity index (χ4n) is 5.49. The first-order valence-corrected chi connectivity index (χ1v) is 14.6. The minimum absolute atomic E-state index is 0.0135. The Bertz CT molecular complexity index is 1320. The zero-order chi connectivity index (χ0) is 30.3. The first-order chi connectivity index (χ1) is 20.1. The second-order valence-corrected chi connectivity index (χ2v) is 11.2. The van der Waals surface area contributed by atoms with E-state index in [9.17, 15) is 9.18 Å². The number of carbonyl (C=O) groups is 1. The molecule has 2 aromatic carbocycles. The topological polar surface area (TPSA) is 73.0 Å². The lowest BCUT2D eigenvalue weighted by Crippen LogP contribution is -2.48. The van der Waals surface area contributed by atoms with Crippen LogP contribution in [0.3, 0.4) is 0 Å². The van der Waals surface area contributed by atoms with Gasteiger partial charge in [0.05, 0.1) is 19.3 Å². The number of aromatic nitrogens is 1. The van der Waals surface area contributed by atoms with E-state index in [0.717, 1.165) is 22.9 Å². The molecule has 4 rings (SSSR count). The quantitative estimate of drug-likeness (QED) is 0.166. The second kappa shape index (κ2) is 14.4. The Kier molecular flexibility index (Phi) is 10.9. The SMILES string of the molecule is CCOC(=O)COCCCCOCCOc1cc(F)c([C@@H]2c3[nH]c4ccccc4c3C[C@@H](C)N2CC(C)(C)F)c(F)c1. The number of hydrogen-bond acceptors (Lipinski definition) is 6. The van der Waals surface area contributed by atoms with Gasteiger partial charge in [-0.2, -0.15) is 0 Å². The summed E-state index contributed by atoms with van der Waals surface area (Å²) in [6.45, 7) is 8.17. The minimum Gasteiger partial charge on any atom is -0.491 e. The fraction of sp³-hybridized carbons (Fsp3) is 0.531. The van der Waals surface area contributed by atoms with E-state index in [1.165, 1.54) is 26.0 Å². The summed E-state index contributed by atoms with van der Waals surface area (Å²) in [4.78, 5) is 16.4. The predicted molar refractivity (Wildman–Crippen MR) is 155 cm³/mol. The van der Waals surface area contributed by atoms with E-state index in [4.69, 9.17) is 18.9 Å². The first kappa shape index (κ1) is 31.8. The smallest absolute Gasteiger partial charge is 0.332 e. The van der Waals surface area contributed by atoms with Gasteiger partial charge in [0.15, 0.2) is 0 Å². The van der Waals surface area contributed by atoms with Gasteiger partial charge in [-0.1, -0.05) is 18.2 Å². The highest BCUT2D eigenvalue weighted by Crippen LogP contribution is 2.43. The number of nitrogens with one attached hydrogen (secondary N) is 1. The number of halogens is 3. The van der Waals surface area contributed by atoms with Crippen LogP contribution in [0.2, 0.25) is 0 Å². The number of carbonyl (C=O) groups excluding carboxylic acids is 1. The van der Waals surface area contributed by atoms with Crippen LogP contribution in [0.5, 0.6) is 5.75 Å². The van der Waals surface area contributed by atoms with Gasteiger partial charge in [-0.25, -0.2) is 18.0 Å². The van der Waals surface area contributed by atoms with Crippen molar-refractivity contribution in [1.82, 2.24) is 9.88 Å². The molecule has 0 saturated carbocycles. The fourth-order valence-corrected chi connectivity index (χ4v) is 5.49. The van der Waals surface area contributed by atoms with Crippen molar-refractivity contribution in [2.75, 3.05) is 46.2 Å². The number of benzene rings is 2. The van der Waals surface area contributed by atoms with Gasteiger partial charge in [-0.3, -0.25) is 4.90 Å². The summed E-state index contributed by atoms with van der Waals surface area (Å²) < 4.78 is 67.5. The molecule has 1 aromatic heterocycles. The molecular formula is C32H41F3N2O5. The van der Waals surface area contributed by atoms with Crippen molar-refractivity contribution in [2.45, 2.75) is 64.7 Å². The van der Waals surface area contributed by atoms with Crippen molar-refractivity contribution >= 4 is 16.9 Å². The van der Waals surface area contributed by atoms with Crippen molar-refractivity contribution in [3.05, 3.63) is 64.9 Å². The minimum atomic E-state index is -1.57. The molecule has 0 bridgehead atoms. The average Bonchev–Trinajstić information content (AvgIpc) is 3.28. The molecule has 7 nitrogen and oxygen atoms in total. The number of para-hydroxylation sites is 1. The molecule has 0 aliphatic carbocycles. The molecule has 0 radical (unpaired) electrons. The summed E-state index contributed by atoms with van der Waals surface area (Å²) in [5, 5.41) is 1.01. The molecule has 1 aliphatic rings. The van der Waals surface area contributed by atoms with E-state index in [2.05, 4.69) is 4.98 Å². The van der Waals surface area contributed by atoms with Gasteiger partial charge in [-0.15, -0.1) is 0 Å². The van der Waals surface area contributed by atoms with Gasteiger partial charge in [-0.05, 0) is 58.6 Å². The largest absolute Gasteiger partial charge is 0.491 e. The van der Waals surface area contributed by atoms with Gasteiger partial charge in [0.2, 0.25) is 0 Å². The molecule has 42 heavy (non-hydrogen) atoms. The number of H-pyrrole nitrogens is 1. The molecule has 0 saturated heterocycles. The third kappa shape index (κ3) is 8.05. The van der Waals surface area contributed by atoms with E-state index in [0.29, 0.717) is 38.4 Å². The lowest BCUT2D eigenvalue weighted by atomic mass is 9.87. The van der Waals surface area contributed by atoms with Crippen molar-refractivity contribution in [3.8, 4) is 5.75 Å². The Hall–Kier alpha value is -3.08. The average molecular weight is 591 g/mol. The van der Waals surface area contributed by atoms with Gasteiger partial charge in [0.1, 0.15) is 36.3 Å². The first-order valence-electron chi connectivity index (χ1n) is 14.6. The third-order valence-corrected chi connectivity index (χ3v) is 7.25. The number of esters is 1. The molecule has 10 heteroatoms. The van der Waals surface area contributed by atoms with Crippen molar-refractivity contribution < 1.29 is 36.9 Å². The molecule has 2 heterocycles. The van der Waals surface area contributed by atoms with Gasteiger partial charge in [0, 0.05) is 60.1 Å². The highest BCUT2D eigenvalue weighted by molar-refractivity contribution is 5.85. The van der Waals surface area contributed by atoms with Crippen LogP contribution >= 0.6 is 0 Å². The van der Waals surface area contributed by atoms with E-state index >= 15 is 8.78 Å². The van der Waals surface area contributed by atoms with Gasteiger partial charge in [0.25, 0.3) is 0 Å². The number of unbranched alkanes of at least 4 members (excludes halogenated alkanes) is 1. The summed E-state index contributed by atoms with van der Waals surface area (Å²) >= 11 is 0. The summed E-state index contributed by atoms with van der Waals surface area (Å²) in [5.74, 6) is -1.83. The maximum atomic E-state index is 15.7. The van der Waals surface area contributed by atoms with E-state index in [-0.39, 0.29) is 49.7 Å². The molecule has 2 atom stereocenters. The Morgan fingerprint density at radius 3 is 2.43 bits per heavy atom. The number of fused-ring (bicyclic) bond motifs is 3. The van der Waals surface area contributed by atoms with Crippen LogP contribution < -0.4 is 4.74 Å². The molecule has 0 unspecified atom stereocenters. The van der Waals surface area contributed by atoms with Crippen LogP contribution in [0.25, 0.3) is 10.9 Å². The Balaban J connectivity index is 1.39. The summed E-state index contributed by atoms with van der Waals surface area (Å²) in [7, 11) is 0. The molecule has 0 spiro atoms. The number of hydrogen-bond donors (Lipinski definition) is 1. The monoisotopic (exact) mass is 590 g/mol. The molecular weight excluding hydrogens is 549 g/mol. The Labute approximate surface area is 245 Å². The van der Waals surface area contributed by atoms with Crippen LogP contribution in [-0.2, 0) is 25.4 Å².